The van der Waals surface area contributed by atoms with Crippen molar-refractivity contribution in [3.05, 3.63) is 95.6 Å². The minimum atomic E-state index is -0.401. The first-order chi connectivity index (χ1) is 16.5. The van der Waals surface area contributed by atoms with Gasteiger partial charge in [0.05, 0.1) is 35.3 Å². The first-order valence-corrected chi connectivity index (χ1v) is 11.5. The lowest BCUT2D eigenvalue weighted by Crippen LogP contribution is -2.23. The molecule has 4 aromatic heterocycles. The molecular weight excluding hydrogens is 424 g/mol. The number of aryl methyl sites for hydroxylation is 2. The summed E-state index contributed by atoms with van der Waals surface area (Å²) in [5.41, 5.74) is 6.70. The predicted molar refractivity (Wildman–Crippen MR) is 132 cm³/mol. The van der Waals surface area contributed by atoms with Crippen LogP contribution in [0, 0.1) is 19.8 Å². The number of esters is 1. The van der Waals surface area contributed by atoms with Crippen LogP contribution < -0.4 is 0 Å². The molecule has 0 saturated heterocycles. The second kappa shape index (κ2) is 10.8. The first kappa shape index (κ1) is 23.2. The van der Waals surface area contributed by atoms with Gasteiger partial charge in [0.2, 0.25) is 0 Å². The number of pyridine rings is 4. The molecule has 4 aromatic rings. The molecule has 0 unspecified atom stereocenters. The highest BCUT2D eigenvalue weighted by Crippen LogP contribution is 2.21. The van der Waals surface area contributed by atoms with Crippen LogP contribution >= 0.6 is 0 Å². The lowest BCUT2D eigenvalue weighted by molar-refractivity contribution is -0.148. The summed E-state index contributed by atoms with van der Waals surface area (Å²) in [4.78, 5) is 31.6. The van der Waals surface area contributed by atoms with Crippen molar-refractivity contribution in [2.75, 3.05) is 6.61 Å². The molecule has 0 bridgehead atoms. The van der Waals surface area contributed by atoms with Gasteiger partial charge in [-0.05, 0) is 69.3 Å². The molecule has 0 aromatic carbocycles. The van der Waals surface area contributed by atoms with E-state index in [4.69, 9.17) is 14.7 Å². The number of nitrogens with zero attached hydrogens (tertiary/aromatic N) is 4. The van der Waals surface area contributed by atoms with Gasteiger partial charge < -0.3 is 4.74 Å². The van der Waals surface area contributed by atoms with Crippen LogP contribution in [0.1, 0.15) is 29.7 Å². The Morgan fingerprint density at radius 3 is 1.50 bits per heavy atom. The standard InChI is InChI=1S/C28H28N4O2/c1-4-34-28(33)21(17-22-11-7-15-26(31-22)24-13-5-9-19(2)29-24)18-23-12-8-16-27(32-23)25-14-6-10-20(3)30-25/h5-16,21H,4,17-18H2,1-3H3. The van der Waals surface area contributed by atoms with Crippen molar-refractivity contribution in [1.82, 2.24) is 19.9 Å². The Morgan fingerprint density at radius 1 is 0.676 bits per heavy atom. The summed E-state index contributed by atoms with van der Waals surface area (Å²) < 4.78 is 5.39. The van der Waals surface area contributed by atoms with Crippen molar-refractivity contribution in [2.24, 2.45) is 5.92 Å². The summed E-state index contributed by atoms with van der Waals surface area (Å²) in [6.45, 7) is 6.06. The monoisotopic (exact) mass is 452 g/mol. The number of rotatable bonds is 8. The number of ether oxygens (including phenoxy) is 1. The van der Waals surface area contributed by atoms with Crippen molar-refractivity contribution >= 4 is 5.97 Å². The maximum absolute atomic E-state index is 12.8. The molecule has 6 heteroatoms. The molecule has 0 aliphatic heterocycles. The lowest BCUT2D eigenvalue weighted by atomic mass is 9.96. The molecule has 0 N–H and O–H groups in total. The molecule has 0 spiro atoms. The number of aromatic nitrogens is 4. The van der Waals surface area contributed by atoms with Gasteiger partial charge in [-0.3, -0.25) is 24.7 Å². The van der Waals surface area contributed by atoms with Gasteiger partial charge in [-0.2, -0.15) is 0 Å². The Morgan fingerprint density at radius 2 is 1.09 bits per heavy atom. The van der Waals surface area contributed by atoms with E-state index in [1.165, 1.54) is 0 Å². The fourth-order valence-corrected chi connectivity index (χ4v) is 3.85. The van der Waals surface area contributed by atoms with E-state index < -0.39 is 5.92 Å². The third-order valence-electron chi connectivity index (χ3n) is 5.45. The number of carbonyl (C=O) groups excluding carboxylic acids is 1. The highest BCUT2D eigenvalue weighted by molar-refractivity contribution is 5.73. The van der Waals surface area contributed by atoms with Crippen LogP contribution in [0.4, 0.5) is 0 Å². The van der Waals surface area contributed by atoms with Crippen molar-refractivity contribution in [3.63, 3.8) is 0 Å². The summed E-state index contributed by atoms with van der Waals surface area (Å²) in [5, 5.41) is 0. The zero-order chi connectivity index (χ0) is 23.9. The summed E-state index contributed by atoms with van der Waals surface area (Å²) in [5.74, 6) is -0.648. The Bertz CT molecular complexity index is 1200. The maximum atomic E-state index is 12.8. The molecule has 0 fully saturated rings. The predicted octanol–water partition coefficient (Wildman–Crippen LogP) is 5.18. The molecular formula is C28H28N4O2. The van der Waals surface area contributed by atoms with Gasteiger partial charge in [0, 0.05) is 35.6 Å². The highest BCUT2D eigenvalue weighted by atomic mass is 16.5. The summed E-state index contributed by atoms with van der Waals surface area (Å²) >= 11 is 0. The summed E-state index contributed by atoms with van der Waals surface area (Å²) in [6.07, 6.45) is 0.903. The molecule has 0 amide bonds. The minimum absolute atomic E-state index is 0.246. The second-order valence-corrected chi connectivity index (χ2v) is 8.21. The molecule has 34 heavy (non-hydrogen) atoms. The van der Waals surface area contributed by atoms with Crippen molar-refractivity contribution in [1.29, 1.82) is 0 Å². The quantitative estimate of drug-likeness (QED) is 0.343. The van der Waals surface area contributed by atoms with Gasteiger partial charge in [0.1, 0.15) is 0 Å². The van der Waals surface area contributed by atoms with E-state index in [0.29, 0.717) is 19.4 Å². The van der Waals surface area contributed by atoms with Gasteiger partial charge in [-0.25, -0.2) is 0 Å². The van der Waals surface area contributed by atoms with E-state index in [2.05, 4.69) is 9.97 Å². The average molecular weight is 453 g/mol. The lowest BCUT2D eigenvalue weighted by Gasteiger charge is -2.16. The topological polar surface area (TPSA) is 77.9 Å². The Balaban J connectivity index is 1.58. The van der Waals surface area contributed by atoms with Gasteiger partial charge in [0.25, 0.3) is 0 Å². The SMILES string of the molecule is CCOC(=O)C(Cc1cccc(-c2cccc(C)n2)n1)Cc1cccc(-c2cccc(C)n2)n1. The van der Waals surface area contributed by atoms with E-state index in [0.717, 1.165) is 45.6 Å². The number of hydrogen-bond donors (Lipinski definition) is 0. The molecule has 4 heterocycles. The normalized spacial score (nSPS) is 10.9. The molecule has 0 aliphatic carbocycles. The molecule has 6 nitrogen and oxygen atoms in total. The van der Waals surface area contributed by atoms with Crippen LogP contribution in [0.3, 0.4) is 0 Å². The number of hydrogen-bond acceptors (Lipinski definition) is 6. The first-order valence-electron chi connectivity index (χ1n) is 11.5. The van der Waals surface area contributed by atoms with Gasteiger partial charge >= 0.3 is 5.97 Å². The fourth-order valence-electron chi connectivity index (χ4n) is 3.85. The smallest absolute Gasteiger partial charge is 0.309 e. The third kappa shape index (κ3) is 5.90. The molecule has 0 saturated carbocycles. The second-order valence-electron chi connectivity index (χ2n) is 8.21. The molecule has 0 atom stereocenters. The van der Waals surface area contributed by atoms with Gasteiger partial charge in [-0.15, -0.1) is 0 Å². The van der Waals surface area contributed by atoms with Crippen LogP contribution in [0.2, 0.25) is 0 Å². The van der Waals surface area contributed by atoms with E-state index in [9.17, 15) is 4.79 Å². The third-order valence-corrected chi connectivity index (χ3v) is 5.45. The van der Waals surface area contributed by atoms with Crippen molar-refractivity contribution in [2.45, 2.75) is 33.6 Å². The van der Waals surface area contributed by atoms with Crippen LogP contribution in [-0.2, 0) is 22.4 Å². The Kier molecular flexibility index (Phi) is 7.38. The molecule has 4 rings (SSSR count). The van der Waals surface area contributed by atoms with Crippen LogP contribution in [0.5, 0.6) is 0 Å². The Hall–Kier alpha value is -3.93. The van der Waals surface area contributed by atoms with E-state index in [1.807, 2.05) is 93.6 Å². The molecule has 0 radical (unpaired) electrons. The van der Waals surface area contributed by atoms with Gasteiger partial charge in [-0.1, -0.05) is 24.3 Å². The molecule has 172 valence electrons. The zero-order valence-corrected chi connectivity index (χ0v) is 19.7. The van der Waals surface area contributed by atoms with Crippen LogP contribution in [0.25, 0.3) is 22.8 Å². The molecule has 0 aliphatic rings. The van der Waals surface area contributed by atoms with E-state index >= 15 is 0 Å². The largest absolute Gasteiger partial charge is 0.466 e. The van der Waals surface area contributed by atoms with Crippen molar-refractivity contribution in [3.8, 4) is 22.8 Å². The van der Waals surface area contributed by atoms with Crippen LogP contribution in [-0.4, -0.2) is 32.5 Å². The van der Waals surface area contributed by atoms with Crippen molar-refractivity contribution < 1.29 is 9.53 Å². The van der Waals surface area contributed by atoms with E-state index in [1.54, 1.807) is 0 Å². The summed E-state index contributed by atoms with van der Waals surface area (Å²) in [6, 6.07) is 23.4. The van der Waals surface area contributed by atoms with Crippen LogP contribution in [0.15, 0.2) is 72.8 Å². The minimum Gasteiger partial charge on any atom is -0.466 e. The zero-order valence-electron chi connectivity index (χ0n) is 19.7. The highest BCUT2D eigenvalue weighted by Gasteiger charge is 2.23. The van der Waals surface area contributed by atoms with E-state index in [-0.39, 0.29) is 5.97 Å². The maximum Gasteiger partial charge on any atom is 0.309 e. The summed E-state index contributed by atoms with van der Waals surface area (Å²) in [7, 11) is 0. The Labute approximate surface area is 200 Å². The number of carbonyl (C=O) groups is 1. The average Bonchev–Trinajstić information content (AvgIpc) is 2.84. The fraction of sp³-hybridized carbons (Fsp3) is 0.250. The van der Waals surface area contributed by atoms with Gasteiger partial charge in [0.15, 0.2) is 0 Å².